The molecule has 1 saturated heterocycles. The lowest BCUT2D eigenvalue weighted by atomic mass is 10.3. The summed E-state index contributed by atoms with van der Waals surface area (Å²) < 4.78 is 5.52. The van der Waals surface area contributed by atoms with E-state index in [0.29, 0.717) is 17.4 Å². The van der Waals surface area contributed by atoms with Crippen LogP contribution in [-0.2, 0) is 4.74 Å². The van der Waals surface area contributed by atoms with Crippen molar-refractivity contribution in [2.24, 2.45) is 0 Å². The average molecular weight is 235 g/mol. The van der Waals surface area contributed by atoms with Gasteiger partial charge in [-0.3, -0.25) is 0 Å². The van der Waals surface area contributed by atoms with Gasteiger partial charge in [0.15, 0.2) is 0 Å². The summed E-state index contributed by atoms with van der Waals surface area (Å²) in [6.45, 7) is 0.853. The minimum absolute atomic E-state index is 0.302. The SMILES string of the molecule is N#Cc1cc(N)cnc1SCC1CCCO1. The van der Waals surface area contributed by atoms with Gasteiger partial charge in [-0.15, -0.1) is 11.8 Å². The highest BCUT2D eigenvalue weighted by Crippen LogP contribution is 2.25. The zero-order valence-electron chi connectivity index (χ0n) is 8.85. The molecular weight excluding hydrogens is 222 g/mol. The van der Waals surface area contributed by atoms with Crippen molar-refractivity contribution in [1.29, 1.82) is 5.26 Å². The van der Waals surface area contributed by atoms with E-state index in [2.05, 4.69) is 11.1 Å². The van der Waals surface area contributed by atoms with Gasteiger partial charge in [0.05, 0.1) is 23.6 Å². The van der Waals surface area contributed by atoms with E-state index in [4.69, 9.17) is 15.7 Å². The summed E-state index contributed by atoms with van der Waals surface area (Å²) >= 11 is 1.56. The van der Waals surface area contributed by atoms with Crippen molar-refractivity contribution in [2.45, 2.75) is 24.0 Å². The smallest absolute Gasteiger partial charge is 0.114 e. The lowest BCUT2D eigenvalue weighted by Crippen LogP contribution is -2.08. The van der Waals surface area contributed by atoms with E-state index in [0.717, 1.165) is 30.2 Å². The van der Waals surface area contributed by atoms with Crippen LogP contribution >= 0.6 is 11.8 Å². The first kappa shape index (κ1) is 11.2. The number of hydrogen-bond donors (Lipinski definition) is 1. The number of nitrogen functional groups attached to an aromatic ring is 1. The van der Waals surface area contributed by atoms with Crippen LogP contribution in [0.15, 0.2) is 17.3 Å². The van der Waals surface area contributed by atoms with Crippen molar-refractivity contribution < 1.29 is 4.74 Å². The monoisotopic (exact) mass is 235 g/mol. The molecule has 0 radical (unpaired) electrons. The van der Waals surface area contributed by atoms with Crippen LogP contribution in [0, 0.1) is 11.3 Å². The van der Waals surface area contributed by atoms with Crippen LogP contribution < -0.4 is 5.73 Å². The molecule has 1 unspecified atom stereocenters. The van der Waals surface area contributed by atoms with Crippen LogP contribution in [0.25, 0.3) is 0 Å². The average Bonchev–Trinajstić information content (AvgIpc) is 2.80. The number of rotatable bonds is 3. The molecule has 84 valence electrons. The fraction of sp³-hybridized carbons (Fsp3) is 0.455. The second-order valence-electron chi connectivity index (χ2n) is 3.68. The van der Waals surface area contributed by atoms with Gasteiger partial charge in [-0.1, -0.05) is 0 Å². The van der Waals surface area contributed by atoms with Crippen molar-refractivity contribution in [3.63, 3.8) is 0 Å². The predicted octanol–water partition coefficient (Wildman–Crippen LogP) is 1.81. The highest BCUT2D eigenvalue weighted by Gasteiger charge is 2.16. The third-order valence-electron chi connectivity index (χ3n) is 2.42. The maximum absolute atomic E-state index is 8.94. The lowest BCUT2D eigenvalue weighted by molar-refractivity contribution is 0.129. The fourth-order valence-corrected chi connectivity index (χ4v) is 2.61. The third-order valence-corrected chi connectivity index (χ3v) is 3.56. The molecule has 0 saturated carbocycles. The molecule has 2 rings (SSSR count). The summed E-state index contributed by atoms with van der Waals surface area (Å²) in [5.74, 6) is 0.853. The summed E-state index contributed by atoms with van der Waals surface area (Å²) in [5.41, 5.74) is 6.64. The summed E-state index contributed by atoms with van der Waals surface area (Å²) in [4.78, 5) is 4.17. The Morgan fingerprint density at radius 1 is 1.69 bits per heavy atom. The quantitative estimate of drug-likeness (QED) is 0.809. The highest BCUT2D eigenvalue weighted by molar-refractivity contribution is 7.99. The Morgan fingerprint density at radius 3 is 3.25 bits per heavy atom. The van der Waals surface area contributed by atoms with E-state index in [1.165, 1.54) is 0 Å². The second kappa shape index (κ2) is 5.19. The maximum atomic E-state index is 8.94. The number of pyridine rings is 1. The van der Waals surface area contributed by atoms with Crippen molar-refractivity contribution in [3.8, 4) is 6.07 Å². The summed E-state index contributed by atoms with van der Waals surface area (Å²) in [6.07, 6.45) is 4.12. The molecule has 0 aliphatic carbocycles. The molecule has 2 heterocycles. The molecule has 0 bridgehead atoms. The van der Waals surface area contributed by atoms with Gasteiger partial charge in [-0.05, 0) is 18.9 Å². The predicted molar refractivity (Wildman–Crippen MR) is 63.1 cm³/mol. The zero-order valence-corrected chi connectivity index (χ0v) is 9.67. The summed E-state index contributed by atoms with van der Waals surface area (Å²) in [7, 11) is 0. The summed E-state index contributed by atoms with van der Waals surface area (Å²) in [6, 6.07) is 3.77. The number of nitrogens with two attached hydrogens (primary N) is 1. The number of aromatic nitrogens is 1. The number of nitrogens with zero attached hydrogens (tertiary/aromatic N) is 2. The molecule has 0 amide bonds. The molecular formula is C11H13N3OS. The molecule has 5 heteroatoms. The Bertz CT molecular complexity index is 410. The Labute approximate surface area is 98.8 Å². The Morgan fingerprint density at radius 2 is 2.56 bits per heavy atom. The number of hydrogen-bond acceptors (Lipinski definition) is 5. The van der Waals surface area contributed by atoms with E-state index in [1.54, 1.807) is 24.0 Å². The van der Waals surface area contributed by atoms with Crippen LogP contribution in [0.2, 0.25) is 0 Å². The molecule has 1 aliphatic heterocycles. The Kier molecular flexibility index (Phi) is 3.65. The molecule has 2 N–H and O–H groups in total. The van der Waals surface area contributed by atoms with Crippen molar-refractivity contribution in [1.82, 2.24) is 4.98 Å². The number of ether oxygens (including phenoxy) is 1. The van der Waals surface area contributed by atoms with E-state index >= 15 is 0 Å². The van der Waals surface area contributed by atoms with E-state index in [1.807, 2.05) is 0 Å². The van der Waals surface area contributed by atoms with Crippen LogP contribution in [-0.4, -0.2) is 23.4 Å². The normalized spacial score (nSPS) is 19.6. The van der Waals surface area contributed by atoms with Gasteiger partial charge >= 0.3 is 0 Å². The van der Waals surface area contributed by atoms with Crippen LogP contribution in [0.3, 0.4) is 0 Å². The molecule has 1 fully saturated rings. The van der Waals surface area contributed by atoms with Crippen molar-refractivity contribution >= 4 is 17.4 Å². The van der Waals surface area contributed by atoms with Gasteiger partial charge in [-0.25, -0.2) is 4.98 Å². The van der Waals surface area contributed by atoms with Gasteiger partial charge in [0, 0.05) is 12.4 Å². The molecule has 1 atom stereocenters. The molecule has 1 aromatic heterocycles. The fourth-order valence-electron chi connectivity index (χ4n) is 1.61. The Hall–Kier alpha value is -1.25. The molecule has 16 heavy (non-hydrogen) atoms. The Balaban J connectivity index is 2.00. The lowest BCUT2D eigenvalue weighted by Gasteiger charge is -2.08. The first-order valence-corrected chi connectivity index (χ1v) is 6.18. The van der Waals surface area contributed by atoms with Gasteiger partial charge in [0.2, 0.25) is 0 Å². The van der Waals surface area contributed by atoms with Crippen molar-refractivity contribution in [2.75, 3.05) is 18.1 Å². The molecule has 1 aromatic rings. The number of anilines is 1. The first-order chi connectivity index (χ1) is 7.79. The van der Waals surface area contributed by atoms with Gasteiger partial charge in [-0.2, -0.15) is 5.26 Å². The minimum Gasteiger partial charge on any atom is -0.397 e. The maximum Gasteiger partial charge on any atom is 0.114 e. The van der Waals surface area contributed by atoms with Crippen LogP contribution in [0.5, 0.6) is 0 Å². The molecule has 0 aromatic carbocycles. The van der Waals surface area contributed by atoms with E-state index < -0.39 is 0 Å². The van der Waals surface area contributed by atoms with Gasteiger partial charge < -0.3 is 10.5 Å². The highest BCUT2D eigenvalue weighted by atomic mass is 32.2. The van der Waals surface area contributed by atoms with Gasteiger partial charge in [0.25, 0.3) is 0 Å². The molecule has 0 spiro atoms. The largest absolute Gasteiger partial charge is 0.397 e. The number of nitriles is 1. The molecule has 4 nitrogen and oxygen atoms in total. The topological polar surface area (TPSA) is 71.9 Å². The number of thioether (sulfide) groups is 1. The second-order valence-corrected chi connectivity index (χ2v) is 4.69. The standard InChI is InChI=1S/C11H13N3OS/c12-5-8-4-9(13)6-14-11(8)16-7-10-2-1-3-15-10/h4,6,10H,1-3,7,13H2. The molecule has 1 aliphatic rings. The van der Waals surface area contributed by atoms with Gasteiger partial charge in [0.1, 0.15) is 11.1 Å². The minimum atomic E-state index is 0.302. The zero-order chi connectivity index (χ0) is 11.4. The van der Waals surface area contributed by atoms with Crippen molar-refractivity contribution in [3.05, 3.63) is 17.8 Å². The summed E-state index contributed by atoms with van der Waals surface area (Å²) in [5, 5.41) is 9.69. The first-order valence-electron chi connectivity index (χ1n) is 5.19. The third kappa shape index (κ3) is 2.65. The van der Waals surface area contributed by atoms with Crippen LogP contribution in [0.1, 0.15) is 18.4 Å². The van der Waals surface area contributed by atoms with Crippen LogP contribution in [0.4, 0.5) is 5.69 Å². The van der Waals surface area contributed by atoms with E-state index in [9.17, 15) is 0 Å². The van der Waals surface area contributed by atoms with E-state index in [-0.39, 0.29) is 0 Å².